The largest absolute Gasteiger partial charge is 0.383 e. The van der Waals surface area contributed by atoms with Crippen LogP contribution in [-0.4, -0.2) is 15.1 Å². The van der Waals surface area contributed by atoms with E-state index in [-0.39, 0.29) is 5.56 Å². The summed E-state index contributed by atoms with van der Waals surface area (Å²) in [5.41, 5.74) is -0.962. The van der Waals surface area contributed by atoms with Gasteiger partial charge in [0.2, 0.25) is 0 Å². The monoisotopic (exact) mass is 236 g/mol. The van der Waals surface area contributed by atoms with Crippen LogP contribution in [0.5, 0.6) is 0 Å². The van der Waals surface area contributed by atoms with Crippen molar-refractivity contribution < 1.29 is 9.50 Å². The standard InChI is InChI=1S/C11H9FN2O3/c12-7-3-1-6(2-4-7)9(15)8-5-13-11(17)14-10(8)16/h1-5,9,15H,(H2,13,14,16,17)/t9-/m1/s1. The van der Waals surface area contributed by atoms with Gasteiger partial charge in [0, 0.05) is 6.20 Å². The van der Waals surface area contributed by atoms with Crippen LogP contribution in [0.4, 0.5) is 4.39 Å². The van der Waals surface area contributed by atoms with Crippen LogP contribution in [0.3, 0.4) is 0 Å². The maximum atomic E-state index is 12.7. The summed E-state index contributed by atoms with van der Waals surface area (Å²) in [6.45, 7) is 0. The average Bonchev–Trinajstić information content (AvgIpc) is 2.29. The second kappa shape index (κ2) is 4.34. The first-order chi connectivity index (χ1) is 8.08. The summed E-state index contributed by atoms with van der Waals surface area (Å²) in [5, 5.41) is 9.89. The van der Waals surface area contributed by atoms with Crippen LogP contribution in [0.2, 0.25) is 0 Å². The number of benzene rings is 1. The minimum Gasteiger partial charge on any atom is -0.383 e. The smallest absolute Gasteiger partial charge is 0.325 e. The molecule has 5 nitrogen and oxygen atoms in total. The Morgan fingerprint density at radius 2 is 1.82 bits per heavy atom. The van der Waals surface area contributed by atoms with Gasteiger partial charge in [0.05, 0.1) is 5.56 Å². The molecule has 3 N–H and O–H groups in total. The summed E-state index contributed by atoms with van der Waals surface area (Å²) in [5.74, 6) is -0.434. The molecule has 0 radical (unpaired) electrons. The highest BCUT2D eigenvalue weighted by atomic mass is 19.1. The number of H-pyrrole nitrogens is 2. The molecule has 88 valence electrons. The minimum atomic E-state index is -1.21. The molecular formula is C11H9FN2O3. The van der Waals surface area contributed by atoms with Gasteiger partial charge in [-0.25, -0.2) is 9.18 Å². The van der Waals surface area contributed by atoms with E-state index in [1.165, 1.54) is 24.3 Å². The highest BCUT2D eigenvalue weighted by Gasteiger charge is 2.14. The van der Waals surface area contributed by atoms with Crippen molar-refractivity contribution in [2.75, 3.05) is 0 Å². The van der Waals surface area contributed by atoms with Crippen LogP contribution in [0.25, 0.3) is 0 Å². The fourth-order valence-corrected chi connectivity index (χ4v) is 1.45. The summed E-state index contributed by atoms with van der Waals surface area (Å²) in [7, 11) is 0. The van der Waals surface area contributed by atoms with Gasteiger partial charge in [-0.2, -0.15) is 0 Å². The van der Waals surface area contributed by atoms with Crippen molar-refractivity contribution in [3.05, 3.63) is 68.2 Å². The number of hydrogen-bond donors (Lipinski definition) is 3. The Kier molecular flexibility index (Phi) is 2.88. The molecule has 17 heavy (non-hydrogen) atoms. The molecule has 0 aliphatic rings. The molecule has 2 aromatic rings. The molecule has 0 saturated carbocycles. The Labute approximate surface area is 94.6 Å². The lowest BCUT2D eigenvalue weighted by molar-refractivity contribution is 0.218. The lowest BCUT2D eigenvalue weighted by atomic mass is 10.0. The molecule has 1 heterocycles. The second-order valence-electron chi connectivity index (χ2n) is 3.48. The van der Waals surface area contributed by atoms with Crippen molar-refractivity contribution in [3.8, 4) is 0 Å². The number of aromatic amines is 2. The van der Waals surface area contributed by atoms with E-state index in [9.17, 15) is 19.1 Å². The summed E-state index contributed by atoms with van der Waals surface area (Å²) in [4.78, 5) is 26.5. The Hall–Kier alpha value is -2.21. The third-order valence-corrected chi connectivity index (χ3v) is 2.33. The third kappa shape index (κ3) is 2.31. The van der Waals surface area contributed by atoms with Gasteiger partial charge < -0.3 is 10.1 Å². The first-order valence-corrected chi connectivity index (χ1v) is 4.83. The van der Waals surface area contributed by atoms with Crippen molar-refractivity contribution in [2.24, 2.45) is 0 Å². The van der Waals surface area contributed by atoms with Gasteiger partial charge in [-0.15, -0.1) is 0 Å². The van der Waals surface area contributed by atoms with Crippen molar-refractivity contribution in [1.82, 2.24) is 9.97 Å². The average molecular weight is 236 g/mol. The van der Waals surface area contributed by atoms with Gasteiger partial charge in [-0.1, -0.05) is 12.1 Å². The summed E-state index contributed by atoms with van der Waals surface area (Å²) in [6, 6.07) is 5.09. The van der Waals surface area contributed by atoms with Crippen molar-refractivity contribution in [3.63, 3.8) is 0 Å². The maximum absolute atomic E-state index is 12.7. The molecule has 1 aromatic carbocycles. The lowest BCUT2D eigenvalue weighted by Gasteiger charge is -2.09. The van der Waals surface area contributed by atoms with E-state index in [4.69, 9.17) is 0 Å². The van der Waals surface area contributed by atoms with Crippen molar-refractivity contribution >= 4 is 0 Å². The van der Waals surface area contributed by atoms with Gasteiger partial charge in [-0.3, -0.25) is 9.78 Å². The zero-order valence-electron chi connectivity index (χ0n) is 8.61. The van der Waals surface area contributed by atoms with Crippen LogP contribution < -0.4 is 11.2 Å². The maximum Gasteiger partial charge on any atom is 0.325 e. The van der Waals surface area contributed by atoms with E-state index in [0.717, 1.165) is 6.20 Å². The SMILES string of the molecule is O=c1[nH]cc([C@H](O)c2ccc(F)cc2)c(=O)[nH]1. The van der Waals surface area contributed by atoms with E-state index in [0.29, 0.717) is 5.56 Å². The van der Waals surface area contributed by atoms with Crippen molar-refractivity contribution in [1.29, 1.82) is 0 Å². The highest BCUT2D eigenvalue weighted by molar-refractivity contribution is 5.26. The molecule has 6 heteroatoms. The van der Waals surface area contributed by atoms with E-state index in [2.05, 4.69) is 4.98 Å². The summed E-state index contributed by atoms with van der Waals surface area (Å²) >= 11 is 0. The number of aliphatic hydroxyl groups is 1. The number of halogens is 1. The lowest BCUT2D eigenvalue weighted by Crippen LogP contribution is -2.26. The Morgan fingerprint density at radius 1 is 1.18 bits per heavy atom. The molecule has 0 aliphatic heterocycles. The van der Waals surface area contributed by atoms with Crippen LogP contribution in [0.15, 0.2) is 40.1 Å². The molecule has 0 spiro atoms. The molecular weight excluding hydrogens is 227 g/mol. The molecule has 0 saturated heterocycles. The third-order valence-electron chi connectivity index (χ3n) is 2.33. The molecule has 0 bridgehead atoms. The zero-order valence-corrected chi connectivity index (χ0v) is 8.61. The predicted molar refractivity (Wildman–Crippen MR) is 58.1 cm³/mol. The number of hydrogen-bond acceptors (Lipinski definition) is 3. The first kappa shape index (κ1) is 11.3. The molecule has 0 fully saturated rings. The van der Waals surface area contributed by atoms with Crippen LogP contribution in [0, 0.1) is 5.82 Å². The zero-order chi connectivity index (χ0) is 12.4. The summed E-state index contributed by atoms with van der Waals surface area (Å²) < 4.78 is 12.7. The molecule has 1 atom stereocenters. The van der Waals surface area contributed by atoms with Crippen LogP contribution in [0.1, 0.15) is 17.2 Å². The van der Waals surface area contributed by atoms with Gasteiger partial charge >= 0.3 is 5.69 Å². The Morgan fingerprint density at radius 3 is 2.41 bits per heavy atom. The molecule has 0 aliphatic carbocycles. The minimum absolute atomic E-state index is 0.00351. The number of rotatable bonds is 2. The van der Waals surface area contributed by atoms with Gasteiger partial charge in [0.25, 0.3) is 5.56 Å². The van der Waals surface area contributed by atoms with E-state index in [1.54, 1.807) is 0 Å². The van der Waals surface area contributed by atoms with Crippen LogP contribution in [-0.2, 0) is 0 Å². The Balaban J connectivity index is 2.43. The highest BCUT2D eigenvalue weighted by Crippen LogP contribution is 2.18. The number of nitrogens with one attached hydrogen (secondary N) is 2. The molecule has 2 rings (SSSR count). The first-order valence-electron chi connectivity index (χ1n) is 4.83. The normalized spacial score (nSPS) is 12.4. The van der Waals surface area contributed by atoms with Crippen LogP contribution >= 0.6 is 0 Å². The quantitative estimate of drug-likeness (QED) is 0.700. The molecule has 0 unspecified atom stereocenters. The van der Waals surface area contributed by atoms with E-state index < -0.39 is 23.2 Å². The van der Waals surface area contributed by atoms with E-state index >= 15 is 0 Å². The topological polar surface area (TPSA) is 85.9 Å². The number of aromatic nitrogens is 2. The number of aliphatic hydroxyl groups excluding tert-OH is 1. The predicted octanol–water partition coefficient (Wildman–Crippen LogP) is 0.284. The van der Waals surface area contributed by atoms with E-state index in [1.807, 2.05) is 4.98 Å². The Bertz CT molecular complexity index is 630. The second-order valence-corrected chi connectivity index (χ2v) is 3.48. The molecule has 0 amide bonds. The van der Waals surface area contributed by atoms with Gasteiger partial charge in [0.15, 0.2) is 0 Å². The fraction of sp³-hybridized carbons (Fsp3) is 0.0909. The van der Waals surface area contributed by atoms with Gasteiger partial charge in [0.1, 0.15) is 11.9 Å². The van der Waals surface area contributed by atoms with Gasteiger partial charge in [-0.05, 0) is 17.7 Å². The fourth-order valence-electron chi connectivity index (χ4n) is 1.45. The van der Waals surface area contributed by atoms with Crippen molar-refractivity contribution in [2.45, 2.75) is 6.10 Å². The summed E-state index contributed by atoms with van der Waals surface area (Å²) in [6.07, 6.45) is -0.0777. The molecule has 1 aromatic heterocycles.